The highest BCUT2D eigenvalue weighted by molar-refractivity contribution is 5.91. The normalized spacial score (nSPS) is 20.2. The summed E-state index contributed by atoms with van der Waals surface area (Å²) in [5.74, 6) is -0.170. The summed E-state index contributed by atoms with van der Waals surface area (Å²) in [7, 11) is 1.31. The molecule has 1 aromatic rings. The predicted octanol–water partition coefficient (Wildman–Crippen LogP) is 0.821. The maximum atomic E-state index is 11.3. The average Bonchev–Trinajstić information content (AvgIpc) is 2.72. The molecule has 94 valence electrons. The number of nitrogen functional groups attached to an aromatic ring is 1. The zero-order valence-electron chi connectivity index (χ0n) is 9.89. The second kappa shape index (κ2) is 5.18. The second-order valence-corrected chi connectivity index (χ2v) is 4.11. The van der Waals surface area contributed by atoms with E-state index in [9.17, 15) is 4.79 Å². The van der Waals surface area contributed by atoms with Gasteiger partial charge in [-0.2, -0.15) is 0 Å². The molecular formula is C11H17N3O3. The highest BCUT2D eigenvalue weighted by atomic mass is 16.5. The Morgan fingerprint density at radius 1 is 1.71 bits per heavy atom. The largest absolute Gasteiger partial charge is 0.464 e. The van der Waals surface area contributed by atoms with Crippen molar-refractivity contribution < 1.29 is 14.3 Å². The fourth-order valence-electron chi connectivity index (χ4n) is 1.96. The molecule has 1 aliphatic heterocycles. The molecule has 0 bridgehead atoms. The number of nitrogens with two attached hydrogens (primary N) is 1. The van der Waals surface area contributed by atoms with Gasteiger partial charge in [-0.15, -0.1) is 0 Å². The highest BCUT2D eigenvalue weighted by Gasteiger charge is 2.19. The molecule has 17 heavy (non-hydrogen) atoms. The van der Waals surface area contributed by atoms with Gasteiger partial charge in [0.15, 0.2) is 5.69 Å². The van der Waals surface area contributed by atoms with E-state index in [1.54, 1.807) is 10.9 Å². The third-order valence-electron chi connectivity index (χ3n) is 2.93. The Morgan fingerprint density at radius 3 is 3.18 bits per heavy atom. The lowest BCUT2D eigenvalue weighted by Gasteiger charge is -2.23. The number of hydrogen-bond acceptors (Lipinski definition) is 5. The van der Waals surface area contributed by atoms with E-state index in [0.29, 0.717) is 12.4 Å². The zero-order chi connectivity index (χ0) is 12.3. The third kappa shape index (κ3) is 2.58. The number of rotatable bonds is 3. The molecule has 1 unspecified atom stereocenters. The maximum absolute atomic E-state index is 11.3. The molecule has 1 aliphatic rings. The van der Waals surface area contributed by atoms with Crippen LogP contribution in [0, 0.1) is 0 Å². The van der Waals surface area contributed by atoms with Crippen LogP contribution in [-0.4, -0.2) is 35.3 Å². The van der Waals surface area contributed by atoms with Crippen molar-refractivity contribution in [1.29, 1.82) is 0 Å². The molecule has 6 heteroatoms. The van der Waals surface area contributed by atoms with Gasteiger partial charge in [0, 0.05) is 6.61 Å². The maximum Gasteiger partial charge on any atom is 0.360 e. The van der Waals surface area contributed by atoms with Crippen LogP contribution < -0.4 is 5.73 Å². The molecule has 0 aliphatic carbocycles. The first-order valence-electron chi connectivity index (χ1n) is 5.73. The van der Waals surface area contributed by atoms with Gasteiger partial charge in [0.2, 0.25) is 0 Å². The lowest BCUT2D eigenvalue weighted by molar-refractivity contribution is 0.00627. The van der Waals surface area contributed by atoms with E-state index in [2.05, 4.69) is 9.72 Å². The number of aromatic nitrogens is 2. The van der Waals surface area contributed by atoms with Crippen molar-refractivity contribution in [2.75, 3.05) is 19.5 Å². The standard InChI is InChI=1S/C11H17N3O3/c1-16-11(15)9-10(12)14(7-13-9)6-8-4-2-3-5-17-8/h7-8H,2-6,12H2,1H3. The SMILES string of the molecule is COC(=O)c1ncn(CC2CCCCO2)c1N. The number of esters is 1. The third-order valence-corrected chi connectivity index (χ3v) is 2.93. The molecule has 0 aromatic carbocycles. The average molecular weight is 239 g/mol. The van der Waals surface area contributed by atoms with Crippen molar-refractivity contribution in [3.05, 3.63) is 12.0 Å². The molecule has 1 aromatic heterocycles. The van der Waals surface area contributed by atoms with Crippen LogP contribution in [0.4, 0.5) is 5.82 Å². The van der Waals surface area contributed by atoms with Crippen LogP contribution in [0.3, 0.4) is 0 Å². The van der Waals surface area contributed by atoms with E-state index in [1.807, 2.05) is 0 Å². The number of anilines is 1. The Kier molecular flexibility index (Phi) is 3.63. The Morgan fingerprint density at radius 2 is 2.53 bits per heavy atom. The molecule has 1 saturated heterocycles. The molecule has 0 saturated carbocycles. The van der Waals surface area contributed by atoms with Crippen molar-refractivity contribution in [2.24, 2.45) is 0 Å². The Hall–Kier alpha value is -1.56. The minimum absolute atomic E-state index is 0.158. The molecule has 2 N–H and O–H groups in total. The first-order chi connectivity index (χ1) is 8.22. The summed E-state index contributed by atoms with van der Waals surface area (Å²) in [5, 5.41) is 0. The summed E-state index contributed by atoms with van der Waals surface area (Å²) in [5.41, 5.74) is 6.01. The van der Waals surface area contributed by atoms with E-state index >= 15 is 0 Å². The van der Waals surface area contributed by atoms with Gasteiger partial charge >= 0.3 is 5.97 Å². The van der Waals surface area contributed by atoms with Crippen molar-refractivity contribution in [3.8, 4) is 0 Å². The van der Waals surface area contributed by atoms with E-state index in [0.717, 1.165) is 19.4 Å². The van der Waals surface area contributed by atoms with Crippen molar-refractivity contribution in [3.63, 3.8) is 0 Å². The summed E-state index contributed by atoms with van der Waals surface area (Å²) in [6.07, 6.45) is 5.02. The van der Waals surface area contributed by atoms with Crippen LogP contribution in [0.25, 0.3) is 0 Å². The summed E-state index contributed by atoms with van der Waals surface area (Å²) >= 11 is 0. The molecule has 0 spiro atoms. The number of nitrogens with zero attached hydrogens (tertiary/aromatic N) is 2. The molecule has 1 atom stereocenters. The van der Waals surface area contributed by atoms with Gasteiger partial charge < -0.3 is 19.8 Å². The number of hydrogen-bond donors (Lipinski definition) is 1. The van der Waals surface area contributed by atoms with E-state index < -0.39 is 5.97 Å². The molecule has 0 amide bonds. The first kappa shape index (κ1) is 11.9. The molecule has 0 radical (unpaired) electrons. The summed E-state index contributed by atoms with van der Waals surface area (Å²) in [6.45, 7) is 1.43. The van der Waals surface area contributed by atoms with E-state index in [4.69, 9.17) is 10.5 Å². The molecular weight excluding hydrogens is 222 g/mol. The van der Waals surface area contributed by atoms with Crippen molar-refractivity contribution in [2.45, 2.75) is 31.9 Å². The van der Waals surface area contributed by atoms with Gasteiger partial charge in [0.25, 0.3) is 0 Å². The van der Waals surface area contributed by atoms with Crippen LogP contribution in [0.15, 0.2) is 6.33 Å². The summed E-state index contributed by atoms with van der Waals surface area (Å²) in [6, 6.07) is 0. The smallest absolute Gasteiger partial charge is 0.360 e. The molecule has 6 nitrogen and oxygen atoms in total. The van der Waals surface area contributed by atoms with E-state index in [1.165, 1.54) is 13.5 Å². The van der Waals surface area contributed by atoms with Crippen LogP contribution >= 0.6 is 0 Å². The van der Waals surface area contributed by atoms with Gasteiger partial charge in [-0.1, -0.05) is 0 Å². The number of carbonyl (C=O) groups excluding carboxylic acids is 1. The van der Waals surface area contributed by atoms with Gasteiger partial charge in [-0.05, 0) is 19.3 Å². The minimum atomic E-state index is -0.509. The Labute approximate surface area is 99.7 Å². The predicted molar refractivity (Wildman–Crippen MR) is 61.6 cm³/mol. The monoisotopic (exact) mass is 239 g/mol. The number of carbonyl (C=O) groups is 1. The number of ether oxygens (including phenoxy) is 2. The van der Waals surface area contributed by atoms with Gasteiger partial charge in [0.05, 0.1) is 26.1 Å². The van der Waals surface area contributed by atoms with Gasteiger partial charge in [-0.25, -0.2) is 9.78 Å². The molecule has 2 heterocycles. The first-order valence-corrected chi connectivity index (χ1v) is 5.73. The zero-order valence-corrected chi connectivity index (χ0v) is 9.89. The fraction of sp³-hybridized carbons (Fsp3) is 0.636. The van der Waals surface area contributed by atoms with Crippen LogP contribution in [0.1, 0.15) is 29.8 Å². The molecule has 2 rings (SSSR count). The lowest BCUT2D eigenvalue weighted by atomic mass is 10.1. The van der Waals surface area contributed by atoms with Gasteiger partial charge in [-0.3, -0.25) is 0 Å². The quantitative estimate of drug-likeness (QED) is 0.790. The van der Waals surface area contributed by atoms with Gasteiger partial charge in [0.1, 0.15) is 5.82 Å². The Bertz CT molecular complexity index is 397. The van der Waals surface area contributed by atoms with Crippen LogP contribution in [-0.2, 0) is 16.0 Å². The summed E-state index contributed by atoms with van der Waals surface area (Å²) < 4.78 is 11.9. The summed E-state index contributed by atoms with van der Waals surface area (Å²) in [4.78, 5) is 15.3. The highest BCUT2D eigenvalue weighted by Crippen LogP contribution is 2.18. The van der Waals surface area contributed by atoms with Crippen LogP contribution in [0.2, 0.25) is 0 Å². The topological polar surface area (TPSA) is 79.4 Å². The number of methoxy groups -OCH3 is 1. The Balaban J connectivity index is 2.06. The fourth-order valence-corrected chi connectivity index (χ4v) is 1.96. The van der Waals surface area contributed by atoms with E-state index in [-0.39, 0.29) is 11.8 Å². The van der Waals surface area contributed by atoms with Crippen molar-refractivity contribution in [1.82, 2.24) is 9.55 Å². The van der Waals surface area contributed by atoms with Crippen molar-refractivity contribution >= 4 is 11.8 Å². The van der Waals surface area contributed by atoms with Crippen LogP contribution in [0.5, 0.6) is 0 Å². The second-order valence-electron chi connectivity index (χ2n) is 4.11. The lowest BCUT2D eigenvalue weighted by Crippen LogP contribution is -2.25. The molecule has 1 fully saturated rings. The number of imidazole rings is 1. The minimum Gasteiger partial charge on any atom is -0.464 e.